The highest BCUT2D eigenvalue weighted by Gasteiger charge is 2.32. The number of hydrogen-bond acceptors (Lipinski definition) is 7. The van der Waals surface area contributed by atoms with Gasteiger partial charge in [0.25, 0.3) is 0 Å². The number of para-hydroxylation sites is 1. The smallest absolute Gasteiger partial charge is 0.165 e. The van der Waals surface area contributed by atoms with E-state index in [9.17, 15) is 13.9 Å². The quantitative estimate of drug-likeness (QED) is 0.452. The van der Waals surface area contributed by atoms with Gasteiger partial charge in [0.1, 0.15) is 0 Å². The number of fused-ring (bicyclic) bond motifs is 1. The van der Waals surface area contributed by atoms with Crippen LogP contribution in [-0.2, 0) is 15.8 Å². The summed E-state index contributed by atoms with van der Waals surface area (Å²) >= 11 is -2.33. The minimum absolute atomic E-state index is 0.0736. The molecule has 7 nitrogen and oxygen atoms in total. The van der Waals surface area contributed by atoms with E-state index in [-0.39, 0.29) is 5.75 Å². The third kappa shape index (κ3) is 4.82. The summed E-state index contributed by atoms with van der Waals surface area (Å²) in [6, 6.07) is 11.8. The Morgan fingerprint density at radius 3 is 2.53 bits per heavy atom. The van der Waals surface area contributed by atoms with Gasteiger partial charge in [0.2, 0.25) is 0 Å². The number of methoxy groups -OCH3 is 1. The molecule has 2 atom stereocenters. The number of ether oxygens (including phenoxy) is 1. The number of nitrogens with zero attached hydrogens (tertiary/aromatic N) is 3. The van der Waals surface area contributed by atoms with E-state index in [0.29, 0.717) is 28.8 Å². The van der Waals surface area contributed by atoms with Gasteiger partial charge in [-0.2, -0.15) is 0 Å². The van der Waals surface area contributed by atoms with Gasteiger partial charge in [0.15, 0.2) is 11.5 Å². The highest BCUT2D eigenvalue weighted by atomic mass is 32.2. The van der Waals surface area contributed by atoms with E-state index < -0.39 is 15.8 Å². The van der Waals surface area contributed by atoms with E-state index in [4.69, 9.17) is 4.74 Å². The second kappa shape index (κ2) is 10.4. The first-order valence-corrected chi connectivity index (χ1v) is 13.4. The Hall–Kier alpha value is -2.68. The van der Waals surface area contributed by atoms with E-state index in [2.05, 4.69) is 35.8 Å². The van der Waals surface area contributed by atoms with Crippen LogP contribution in [0.2, 0.25) is 0 Å². The molecule has 194 valence electrons. The van der Waals surface area contributed by atoms with Gasteiger partial charge in [-0.15, -0.1) is 0 Å². The zero-order chi connectivity index (χ0) is 26.2. The van der Waals surface area contributed by atoms with Crippen LogP contribution in [0.1, 0.15) is 39.2 Å². The molecule has 8 heteroatoms. The predicted molar refractivity (Wildman–Crippen MR) is 145 cm³/mol. The number of rotatable bonds is 7. The summed E-state index contributed by atoms with van der Waals surface area (Å²) in [5.74, 6) is 1.06. The molecule has 1 fully saturated rings. The van der Waals surface area contributed by atoms with Crippen LogP contribution in [-0.4, -0.2) is 64.1 Å². The van der Waals surface area contributed by atoms with Crippen LogP contribution >= 0.6 is 0 Å². The zero-order valence-electron chi connectivity index (χ0n) is 21.9. The molecule has 1 aliphatic rings. The monoisotopic (exact) mass is 510 g/mol. The van der Waals surface area contributed by atoms with Gasteiger partial charge in [0, 0.05) is 41.8 Å². The number of phenols is 1. The Morgan fingerprint density at radius 2 is 1.92 bits per heavy atom. The van der Waals surface area contributed by atoms with Crippen LogP contribution in [0.25, 0.3) is 22.0 Å². The zero-order valence-corrected chi connectivity index (χ0v) is 22.8. The van der Waals surface area contributed by atoms with Gasteiger partial charge >= 0.3 is 0 Å². The van der Waals surface area contributed by atoms with Gasteiger partial charge in [-0.1, -0.05) is 18.2 Å². The van der Waals surface area contributed by atoms with Crippen molar-refractivity contribution in [3.05, 3.63) is 48.2 Å². The molecule has 0 bridgehead atoms. The van der Waals surface area contributed by atoms with Crippen molar-refractivity contribution in [2.75, 3.05) is 39.2 Å². The first-order valence-electron chi connectivity index (χ1n) is 12.4. The summed E-state index contributed by atoms with van der Waals surface area (Å²) in [7, 11) is 5.76. The lowest BCUT2D eigenvalue weighted by Gasteiger charge is -2.41. The summed E-state index contributed by atoms with van der Waals surface area (Å²) < 4.78 is 28.8. The van der Waals surface area contributed by atoms with Gasteiger partial charge in [-0.25, -0.2) is 0 Å². The first-order chi connectivity index (χ1) is 17.1. The normalized spacial score (nSPS) is 16.9. The minimum Gasteiger partial charge on any atom is -0.772 e. The van der Waals surface area contributed by atoms with Crippen molar-refractivity contribution in [3.63, 3.8) is 0 Å². The maximum absolute atomic E-state index is 12.3. The van der Waals surface area contributed by atoms with Crippen molar-refractivity contribution in [1.82, 2.24) is 9.88 Å². The van der Waals surface area contributed by atoms with Crippen LogP contribution in [0.15, 0.2) is 42.6 Å². The Balaban J connectivity index is 1.87. The number of aromatic hydroxyl groups is 1. The van der Waals surface area contributed by atoms with E-state index in [1.165, 1.54) is 7.11 Å². The van der Waals surface area contributed by atoms with Gasteiger partial charge < -0.3 is 24.2 Å². The van der Waals surface area contributed by atoms with Crippen molar-refractivity contribution in [2.24, 2.45) is 5.92 Å². The van der Waals surface area contributed by atoms with Gasteiger partial charge in [-0.05, 0) is 88.5 Å². The molecule has 4 rings (SSSR count). The fraction of sp³-hybridized carbons (Fsp3) is 0.464. The number of phenolic OH excluding ortho intramolecular Hbond substituents is 1. The molecule has 0 radical (unpaired) electrons. The highest BCUT2D eigenvalue weighted by molar-refractivity contribution is 7.80. The largest absolute Gasteiger partial charge is 0.772 e. The fourth-order valence-electron chi connectivity index (χ4n) is 5.16. The van der Waals surface area contributed by atoms with Gasteiger partial charge in [0.05, 0.1) is 23.1 Å². The molecule has 0 amide bonds. The van der Waals surface area contributed by atoms with E-state index >= 15 is 0 Å². The number of pyridine rings is 1. The van der Waals surface area contributed by atoms with Crippen molar-refractivity contribution in [2.45, 2.75) is 44.4 Å². The molecule has 1 aliphatic heterocycles. The van der Waals surface area contributed by atoms with Crippen LogP contribution in [0.4, 0.5) is 5.69 Å². The molecule has 2 unspecified atom stereocenters. The molecule has 0 aliphatic carbocycles. The van der Waals surface area contributed by atoms with Crippen LogP contribution in [0.5, 0.6) is 11.5 Å². The Labute approximate surface area is 216 Å². The molecule has 1 saturated heterocycles. The lowest BCUT2D eigenvalue weighted by atomic mass is 9.88. The Morgan fingerprint density at radius 1 is 1.22 bits per heavy atom. The molecule has 1 N–H and O–H groups in total. The number of hydrogen-bond donors (Lipinski definition) is 1. The summed E-state index contributed by atoms with van der Waals surface area (Å²) in [5, 5.41) is 11.7. The maximum Gasteiger partial charge on any atom is 0.165 e. The SMILES string of the molecule is COc1cccc(-c2ccc3ncc(C(C)(C)S(=O)[O-])c(N4CCC(C(C)N(C)C)CC4)c3c2)c1O. The maximum atomic E-state index is 12.3. The van der Waals surface area contributed by atoms with E-state index in [1.54, 1.807) is 26.1 Å². The van der Waals surface area contributed by atoms with Crippen molar-refractivity contribution in [1.29, 1.82) is 0 Å². The second-order valence-corrected chi connectivity index (χ2v) is 11.9. The molecule has 2 heterocycles. The molecular formula is C28H36N3O4S-. The van der Waals surface area contributed by atoms with Crippen molar-refractivity contribution >= 4 is 27.7 Å². The lowest BCUT2D eigenvalue weighted by molar-refractivity contribution is 0.199. The molecule has 3 aromatic rings. The third-order valence-electron chi connectivity index (χ3n) is 7.79. The molecule has 0 saturated carbocycles. The summed E-state index contributed by atoms with van der Waals surface area (Å²) in [6.07, 6.45) is 3.77. The van der Waals surface area contributed by atoms with Crippen molar-refractivity contribution < 1.29 is 18.6 Å². The van der Waals surface area contributed by atoms with Crippen LogP contribution in [0.3, 0.4) is 0 Å². The lowest BCUT2D eigenvalue weighted by Crippen LogP contribution is -2.42. The Kier molecular flexibility index (Phi) is 7.59. The molecule has 36 heavy (non-hydrogen) atoms. The van der Waals surface area contributed by atoms with E-state index in [1.807, 2.05) is 30.3 Å². The fourth-order valence-corrected chi connectivity index (χ4v) is 5.49. The molecule has 0 spiro atoms. The van der Waals surface area contributed by atoms with E-state index in [0.717, 1.165) is 48.1 Å². The molecule has 1 aromatic heterocycles. The third-order valence-corrected chi connectivity index (χ3v) is 8.84. The van der Waals surface area contributed by atoms with Crippen molar-refractivity contribution in [3.8, 4) is 22.6 Å². The molecule has 2 aromatic carbocycles. The first kappa shape index (κ1) is 26.4. The second-order valence-electron chi connectivity index (χ2n) is 10.4. The average Bonchev–Trinajstić information content (AvgIpc) is 2.87. The number of aromatic nitrogens is 1. The standard InChI is InChI=1S/C28H37N3O4S/c1-18(30(4)5)19-12-14-31(15-13-19)26-22-16-20(21-8-7-9-25(35-6)27(21)32)10-11-24(22)29-17-23(26)28(2,3)36(33)34/h7-11,16-19,32H,12-15H2,1-6H3,(H,33,34)/p-1. The average molecular weight is 511 g/mol. The topological polar surface area (TPSA) is 89.0 Å². The number of anilines is 1. The summed E-state index contributed by atoms with van der Waals surface area (Å²) in [4.78, 5) is 9.24. The predicted octanol–water partition coefficient (Wildman–Crippen LogP) is 4.90. The number of benzene rings is 2. The Bertz CT molecular complexity index is 1270. The minimum atomic E-state index is -2.33. The van der Waals surface area contributed by atoms with Crippen LogP contribution in [0, 0.1) is 5.92 Å². The van der Waals surface area contributed by atoms with Crippen LogP contribution < -0.4 is 9.64 Å². The highest BCUT2D eigenvalue weighted by Crippen LogP contribution is 2.43. The summed E-state index contributed by atoms with van der Waals surface area (Å²) in [5.41, 5.74) is 3.86. The molecular weight excluding hydrogens is 474 g/mol. The summed E-state index contributed by atoms with van der Waals surface area (Å²) in [6.45, 7) is 7.39. The van der Waals surface area contributed by atoms with Gasteiger partial charge in [-0.3, -0.25) is 9.19 Å². The number of piperidine rings is 1.